The van der Waals surface area contributed by atoms with Crippen LogP contribution >= 0.6 is 20.5 Å². The van der Waals surface area contributed by atoms with E-state index in [1.54, 1.807) is 0 Å². The number of rotatable bonds is 7. The summed E-state index contributed by atoms with van der Waals surface area (Å²) in [5.74, 6) is -1.52. The largest absolute Gasteiger partial charge is 0.505 e. The molecule has 0 amide bonds. The van der Waals surface area contributed by atoms with E-state index in [4.69, 9.17) is 14.9 Å². The number of phosphoric acid groups is 1. The van der Waals surface area contributed by atoms with Crippen molar-refractivity contribution in [2.75, 3.05) is 5.75 Å². The van der Waals surface area contributed by atoms with Gasteiger partial charge >= 0.3 is 13.8 Å². The number of aliphatic carboxylic acids is 1. The fraction of sp³-hybridized carbons (Fsp3) is 0.364. The molecule has 0 aromatic carbocycles. The molecular formula is C11H15N2O7PS. The third-order valence-corrected chi connectivity index (χ3v) is 3.40. The molecule has 0 unspecified atom stereocenters. The summed E-state index contributed by atoms with van der Waals surface area (Å²) in [4.78, 5) is 35.9. The summed E-state index contributed by atoms with van der Waals surface area (Å²) < 4.78 is 15.1. The number of nitrogens with zero attached hydrogens (tertiary/aromatic N) is 2. The highest BCUT2D eigenvalue weighted by Gasteiger charge is 2.18. The van der Waals surface area contributed by atoms with Gasteiger partial charge in [0.1, 0.15) is 5.75 Å². The SMILES string of the molecule is Cc1ncc(COP(=O)(O)O)c(C=N[C@H](CS)C(=O)O)c1O. The van der Waals surface area contributed by atoms with Gasteiger partial charge < -0.3 is 20.0 Å². The first kappa shape index (κ1) is 18.6. The number of carboxylic acids is 1. The number of carbonyl (C=O) groups is 1. The summed E-state index contributed by atoms with van der Waals surface area (Å²) in [5.41, 5.74) is 0.478. The lowest BCUT2D eigenvalue weighted by molar-refractivity contribution is -0.137. The second kappa shape index (κ2) is 7.70. The topological polar surface area (TPSA) is 150 Å². The Balaban J connectivity index is 3.14. The van der Waals surface area contributed by atoms with Crippen molar-refractivity contribution < 1.29 is 33.9 Å². The van der Waals surface area contributed by atoms with Crippen LogP contribution in [0.25, 0.3) is 0 Å². The number of hydrogen-bond acceptors (Lipinski definition) is 7. The molecule has 0 aliphatic heterocycles. The molecule has 0 saturated heterocycles. The molecule has 22 heavy (non-hydrogen) atoms. The van der Waals surface area contributed by atoms with Gasteiger partial charge in [0.25, 0.3) is 0 Å². The van der Waals surface area contributed by atoms with Crippen LogP contribution in [0.15, 0.2) is 11.2 Å². The first-order valence-electron chi connectivity index (χ1n) is 5.90. The van der Waals surface area contributed by atoms with Crippen LogP contribution in [0.1, 0.15) is 16.8 Å². The summed E-state index contributed by atoms with van der Waals surface area (Å²) in [5, 5.41) is 18.9. The number of aromatic hydroxyl groups is 1. The lowest BCUT2D eigenvalue weighted by Gasteiger charge is -2.11. The Morgan fingerprint density at radius 1 is 1.59 bits per heavy atom. The normalized spacial score (nSPS) is 13.5. The van der Waals surface area contributed by atoms with E-state index in [9.17, 15) is 14.5 Å². The van der Waals surface area contributed by atoms with E-state index < -0.39 is 26.4 Å². The average molecular weight is 350 g/mol. The van der Waals surface area contributed by atoms with E-state index in [0.29, 0.717) is 0 Å². The maximum atomic E-state index is 10.9. The summed E-state index contributed by atoms with van der Waals surface area (Å²) >= 11 is 3.86. The first-order valence-corrected chi connectivity index (χ1v) is 8.06. The Kier molecular flexibility index (Phi) is 6.51. The Hall–Kier alpha value is -1.45. The Bertz CT molecular complexity index is 631. The van der Waals surface area contributed by atoms with Crippen molar-refractivity contribution in [3.05, 3.63) is 23.0 Å². The van der Waals surface area contributed by atoms with E-state index in [1.165, 1.54) is 13.1 Å². The van der Waals surface area contributed by atoms with Crippen molar-refractivity contribution in [1.82, 2.24) is 4.98 Å². The smallest absolute Gasteiger partial charge is 0.469 e. The highest BCUT2D eigenvalue weighted by Crippen LogP contribution is 2.37. The average Bonchev–Trinajstić information content (AvgIpc) is 2.41. The number of aliphatic imine (C=N–C) groups is 1. The van der Waals surface area contributed by atoms with E-state index in [0.717, 1.165) is 6.21 Å². The number of aryl methyl sites for hydroxylation is 1. The maximum Gasteiger partial charge on any atom is 0.469 e. The van der Waals surface area contributed by atoms with Gasteiger partial charge in [-0.15, -0.1) is 0 Å². The lowest BCUT2D eigenvalue weighted by atomic mass is 10.1. The highest BCUT2D eigenvalue weighted by atomic mass is 32.1. The van der Waals surface area contributed by atoms with Gasteiger partial charge in [-0.25, -0.2) is 9.36 Å². The van der Waals surface area contributed by atoms with Crippen molar-refractivity contribution in [2.24, 2.45) is 4.99 Å². The molecule has 0 saturated carbocycles. The third kappa shape index (κ3) is 5.39. The Morgan fingerprint density at radius 3 is 2.73 bits per heavy atom. The number of pyridine rings is 1. The molecule has 1 heterocycles. The molecule has 0 spiro atoms. The van der Waals surface area contributed by atoms with Gasteiger partial charge in [-0.3, -0.25) is 14.5 Å². The molecule has 0 fully saturated rings. The number of phosphoric ester groups is 1. The minimum atomic E-state index is -4.70. The molecule has 0 aliphatic carbocycles. The van der Waals surface area contributed by atoms with Crippen LogP contribution in [0.3, 0.4) is 0 Å². The van der Waals surface area contributed by atoms with Gasteiger partial charge in [-0.2, -0.15) is 12.6 Å². The molecule has 9 nitrogen and oxygen atoms in total. The van der Waals surface area contributed by atoms with Gasteiger partial charge in [0, 0.05) is 29.3 Å². The van der Waals surface area contributed by atoms with E-state index in [2.05, 4.69) is 27.1 Å². The maximum absolute atomic E-state index is 10.9. The summed E-state index contributed by atoms with van der Waals surface area (Å²) in [6.07, 6.45) is 2.35. The molecule has 0 aliphatic rings. The Labute approximate surface area is 131 Å². The number of thiol groups is 1. The number of aromatic nitrogens is 1. The molecule has 0 bridgehead atoms. The van der Waals surface area contributed by atoms with E-state index in [-0.39, 0.29) is 28.3 Å². The fourth-order valence-corrected chi connectivity index (χ4v) is 1.98. The zero-order valence-corrected chi connectivity index (χ0v) is 13.2. The van der Waals surface area contributed by atoms with Crippen molar-refractivity contribution in [3.8, 4) is 5.75 Å². The minimum Gasteiger partial charge on any atom is -0.505 e. The predicted molar refractivity (Wildman–Crippen MR) is 80.3 cm³/mol. The van der Waals surface area contributed by atoms with Crippen molar-refractivity contribution in [1.29, 1.82) is 0 Å². The molecule has 1 atom stereocenters. The molecule has 0 radical (unpaired) electrons. The fourth-order valence-electron chi connectivity index (χ4n) is 1.42. The van der Waals surface area contributed by atoms with Crippen LogP contribution in [0.5, 0.6) is 5.75 Å². The second-order valence-corrected chi connectivity index (χ2v) is 5.81. The summed E-state index contributed by atoms with van der Waals surface area (Å²) in [7, 11) is -4.70. The highest BCUT2D eigenvalue weighted by molar-refractivity contribution is 7.80. The van der Waals surface area contributed by atoms with Crippen LogP contribution in [-0.4, -0.2) is 49.0 Å². The Morgan fingerprint density at radius 2 is 2.23 bits per heavy atom. The van der Waals surface area contributed by atoms with Crippen LogP contribution in [-0.2, 0) is 20.5 Å². The van der Waals surface area contributed by atoms with Crippen LogP contribution in [0.4, 0.5) is 0 Å². The standard InChI is InChI=1S/C11H15N2O7PS/c1-6-10(14)8(3-13-9(5-22)11(15)16)7(2-12-6)4-20-21(17,18)19/h2-3,9,14,22H,4-5H2,1H3,(H,15,16)(H2,17,18,19)/t9-/m1/s1. The number of hydrogen-bond donors (Lipinski definition) is 5. The molecule has 1 aromatic heterocycles. The number of carboxylic acid groups (broad SMARTS) is 1. The van der Waals surface area contributed by atoms with E-state index >= 15 is 0 Å². The summed E-state index contributed by atoms with van der Waals surface area (Å²) in [6.45, 7) is 0.985. The first-order chi connectivity index (χ1) is 10.2. The lowest BCUT2D eigenvalue weighted by Crippen LogP contribution is -2.19. The van der Waals surface area contributed by atoms with Gasteiger partial charge in [-0.05, 0) is 6.92 Å². The van der Waals surface area contributed by atoms with Crippen LogP contribution in [0, 0.1) is 6.92 Å². The molecular weight excluding hydrogens is 335 g/mol. The minimum absolute atomic E-state index is 0.0506. The van der Waals surface area contributed by atoms with Crippen LogP contribution < -0.4 is 0 Å². The van der Waals surface area contributed by atoms with E-state index in [1.807, 2.05) is 0 Å². The second-order valence-electron chi connectivity index (χ2n) is 4.21. The molecule has 1 rings (SSSR count). The third-order valence-electron chi connectivity index (χ3n) is 2.59. The van der Waals surface area contributed by atoms with Crippen molar-refractivity contribution >= 4 is 32.6 Å². The molecule has 122 valence electrons. The molecule has 1 aromatic rings. The zero-order valence-electron chi connectivity index (χ0n) is 11.4. The van der Waals surface area contributed by atoms with Crippen molar-refractivity contribution in [2.45, 2.75) is 19.6 Å². The predicted octanol–water partition coefficient (Wildman–Crippen LogP) is 0.507. The summed E-state index contributed by atoms with van der Waals surface area (Å²) in [6, 6.07) is -1.12. The quantitative estimate of drug-likeness (QED) is 0.271. The van der Waals surface area contributed by atoms with Gasteiger partial charge in [0.2, 0.25) is 0 Å². The van der Waals surface area contributed by atoms with Gasteiger partial charge in [-0.1, -0.05) is 0 Å². The van der Waals surface area contributed by atoms with Crippen LogP contribution in [0.2, 0.25) is 0 Å². The zero-order chi connectivity index (χ0) is 16.9. The molecule has 11 heteroatoms. The monoisotopic (exact) mass is 350 g/mol. The van der Waals surface area contributed by atoms with Gasteiger partial charge in [0.15, 0.2) is 6.04 Å². The van der Waals surface area contributed by atoms with Crippen molar-refractivity contribution in [3.63, 3.8) is 0 Å². The van der Waals surface area contributed by atoms with Gasteiger partial charge in [0.05, 0.1) is 12.3 Å². The molecule has 4 N–H and O–H groups in total.